The molecule has 5 nitrogen and oxygen atoms in total. The number of rotatable bonds is 9. The van der Waals surface area contributed by atoms with Gasteiger partial charge in [-0.3, -0.25) is 0 Å². The molecule has 0 spiro atoms. The van der Waals surface area contributed by atoms with Crippen LogP contribution in [0.5, 0.6) is 0 Å². The van der Waals surface area contributed by atoms with Gasteiger partial charge in [-0.25, -0.2) is 4.79 Å². The van der Waals surface area contributed by atoms with Crippen LogP contribution >= 0.6 is 0 Å². The highest BCUT2D eigenvalue weighted by Crippen LogP contribution is 2.25. The number of hydrogen-bond acceptors (Lipinski definition) is 5. The van der Waals surface area contributed by atoms with Crippen molar-refractivity contribution >= 4 is 15.6 Å². The summed E-state index contributed by atoms with van der Waals surface area (Å²) in [7, 11) is -2.13. The van der Waals surface area contributed by atoms with Crippen LogP contribution in [-0.2, 0) is 18.1 Å². The molecular formula is C13H27NO4Si. The van der Waals surface area contributed by atoms with Crippen molar-refractivity contribution in [2.24, 2.45) is 10.4 Å². The van der Waals surface area contributed by atoms with Crippen LogP contribution in [-0.4, -0.2) is 41.0 Å². The van der Waals surface area contributed by atoms with Gasteiger partial charge in [-0.2, -0.15) is 4.99 Å². The Morgan fingerprint density at radius 3 is 2.11 bits per heavy atom. The van der Waals surface area contributed by atoms with E-state index in [1.165, 1.54) is 0 Å². The average molecular weight is 289 g/mol. The summed E-state index contributed by atoms with van der Waals surface area (Å²) in [5.41, 5.74) is 0.0664. The van der Waals surface area contributed by atoms with Crippen LogP contribution in [0.1, 0.15) is 48.0 Å². The van der Waals surface area contributed by atoms with E-state index in [1.54, 1.807) is 6.08 Å². The first kappa shape index (κ1) is 18.5. The van der Waals surface area contributed by atoms with Crippen molar-refractivity contribution in [3.05, 3.63) is 0 Å². The summed E-state index contributed by atoms with van der Waals surface area (Å²) in [6.45, 7) is 13.1. The predicted molar refractivity (Wildman–Crippen MR) is 76.9 cm³/mol. The van der Waals surface area contributed by atoms with Crippen LogP contribution in [0, 0.1) is 5.41 Å². The van der Waals surface area contributed by atoms with Crippen molar-refractivity contribution in [3.8, 4) is 0 Å². The first-order valence-electron chi connectivity index (χ1n) is 6.79. The Bertz CT molecular complexity index is 281. The van der Waals surface area contributed by atoms with Crippen molar-refractivity contribution in [1.82, 2.24) is 0 Å². The number of hydrogen-bond donors (Lipinski definition) is 0. The maximum atomic E-state index is 10.5. The molecule has 0 aromatic carbocycles. The second kappa shape index (κ2) is 9.39. The third-order valence-corrected chi connectivity index (χ3v) is 4.38. The van der Waals surface area contributed by atoms with E-state index in [9.17, 15) is 4.79 Å². The Hall–Kier alpha value is -0.523. The highest BCUT2D eigenvalue weighted by atomic mass is 28.3. The summed E-state index contributed by atoms with van der Waals surface area (Å²) in [6.07, 6.45) is 2.18. The molecule has 0 saturated carbocycles. The highest BCUT2D eigenvalue weighted by molar-refractivity contribution is 6.36. The molecular weight excluding hydrogens is 262 g/mol. The van der Waals surface area contributed by atoms with Gasteiger partial charge in [0.25, 0.3) is 0 Å². The molecule has 0 fully saturated rings. The van der Waals surface area contributed by atoms with E-state index in [2.05, 4.69) is 25.8 Å². The molecule has 0 rings (SSSR count). The molecule has 0 aliphatic carbocycles. The Balaban J connectivity index is 4.60. The number of carbonyl (C=O) groups excluding carboxylic acids is 1. The smallest absolute Gasteiger partial charge is 0.376 e. The van der Waals surface area contributed by atoms with Gasteiger partial charge in [0.05, 0.1) is 12.1 Å². The molecule has 19 heavy (non-hydrogen) atoms. The lowest BCUT2D eigenvalue weighted by atomic mass is 9.87. The van der Waals surface area contributed by atoms with E-state index in [0.717, 1.165) is 6.42 Å². The minimum Gasteiger partial charge on any atom is -0.376 e. The maximum absolute atomic E-state index is 10.5. The van der Waals surface area contributed by atoms with Gasteiger partial charge in [-0.15, -0.1) is 0 Å². The molecule has 2 unspecified atom stereocenters. The summed E-state index contributed by atoms with van der Waals surface area (Å²) in [5.74, 6) is 0. The number of isocyanates is 1. The van der Waals surface area contributed by atoms with Crippen molar-refractivity contribution in [2.75, 3.05) is 13.2 Å². The van der Waals surface area contributed by atoms with Gasteiger partial charge in [0.15, 0.2) is 0 Å². The first-order valence-corrected chi connectivity index (χ1v) is 8.21. The fourth-order valence-electron chi connectivity index (χ4n) is 1.68. The van der Waals surface area contributed by atoms with E-state index in [1.807, 2.05) is 20.8 Å². The molecule has 0 bridgehead atoms. The maximum Gasteiger partial charge on any atom is 0.484 e. The van der Waals surface area contributed by atoms with Crippen LogP contribution in [0.15, 0.2) is 4.99 Å². The second-order valence-corrected chi connectivity index (χ2v) is 7.11. The third kappa shape index (κ3) is 9.08. The van der Waals surface area contributed by atoms with Gasteiger partial charge in [0.1, 0.15) is 0 Å². The zero-order chi connectivity index (χ0) is 14.9. The van der Waals surface area contributed by atoms with Gasteiger partial charge >= 0.3 is 9.53 Å². The zero-order valence-electron chi connectivity index (χ0n) is 12.9. The molecule has 0 heterocycles. The minimum absolute atomic E-state index is 0.0664. The fourth-order valence-corrected chi connectivity index (χ4v) is 3.01. The molecule has 0 aromatic rings. The monoisotopic (exact) mass is 289 g/mol. The third-order valence-electron chi connectivity index (χ3n) is 2.51. The fraction of sp³-hybridized carbons (Fsp3) is 0.923. The SMILES string of the molecule is CCO[SiH](OCC)OC(C)C(CC(C)(C)C)N=C=O. The largest absolute Gasteiger partial charge is 0.484 e. The molecule has 0 aromatic heterocycles. The molecule has 6 heteroatoms. The lowest BCUT2D eigenvalue weighted by Crippen LogP contribution is -2.37. The normalized spacial score (nSPS) is 15.1. The first-order chi connectivity index (χ1) is 8.84. The van der Waals surface area contributed by atoms with Crippen LogP contribution in [0.4, 0.5) is 0 Å². The molecule has 0 amide bonds. The van der Waals surface area contributed by atoms with Gasteiger partial charge in [0, 0.05) is 13.2 Å². The quantitative estimate of drug-likeness (QED) is 0.371. The van der Waals surface area contributed by atoms with Crippen molar-refractivity contribution in [2.45, 2.75) is 60.1 Å². The van der Waals surface area contributed by atoms with Crippen molar-refractivity contribution in [1.29, 1.82) is 0 Å². The zero-order valence-corrected chi connectivity index (χ0v) is 14.1. The Morgan fingerprint density at radius 1 is 1.21 bits per heavy atom. The molecule has 112 valence electrons. The van der Waals surface area contributed by atoms with Crippen LogP contribution in [0.25, 0.3) is 0 Å². The Labute approximate surface area is 118 Å². The van der Waals surface area contributed by atoms with Crippen molar-refractivity contribution < 1.29 is 18.1 Å². The van der Waals surface area contributed by atoms with Gasteiger partial charge < -0.3 is 13.3 Å². The summed E-state index contributed by atoms with van der Waals surface area (Å²) in [4.78, 5) is 14.4. The minimum atomic E-state index is -2.13. The van der Waals surface area contributed by atoms with Crippen molar-refractivity contribution in [3.63, 3.8) is 0 Å². The number of aliphatic imine (C=N–C) groups is 1. The topological polar surface area (TPSA) is 57.1 Å². The average Bonchev–Trinajstić information content (AvgIpc) is 2.27. The molecule has 2 atom stereocenters. The lowest BCUT2D eigenvalue weighted by Gasteiger charge is -2.28. The predicted octanol–water partition coefficient (Wildman–Crippen LogP) is 2.32. The molecule has 0 N–H and O–H groups in total. The van der Waals surface area contributed by atoms with E-state index >= 15 is 0 Å². The Kier molecular flexibility index (Phi) is 9.13. The molecule has 0 radical (unpaired) electrons. The summed E-state index contributed by atoms with van der Waals surface area (Å²) in [5, 5.41) is 0. The summed E-state index contributed by atoms with van der Waals surface area (Å²) >= 11 is 0. The molecule has 0 aliphatic rings. The summed E-state index contributed by atoms with van der Waals surface area (Å²) in [6, 6.07) is -0.214. The Morgan fingerprint density at radius 2 is 1.74 bits per heavy atom. The van der Waals surface area contributed by atoms with Gasteiger partial charge in [-0.05, 0) is 32.6 Å². The lowest BCUT2D eigenvalue weighted by molar-refractivity contribution is 0.0535. The standard InChI is InChI=1S/C13H27NO4Si/c1-7-16-19(17-8-2)18-11(3)12(14-10-15)9-13(4,5)6/h11-12,19H,7-9H2,1-6H3. The molecule has 0 aliphatic heterocycles. The van der Waals surface area contributed by atoms with E-state index in [4.69, 9.17) is 13.3 Å². The van der Waals surface area contributed by atoms with E-state index in [0.29, 0.717) is 13.2 Å². The van der Waals surface area contributed by atoms with E-state index in [-0.39, 0.29) is 17.6 Å². The number of nitrogens with zero attached hydrogens (tertiary/aromatic N) is 1. The highest BCUT2D eigenvalue weighted by Gasteiger charge is 2.27. The molecule has 0 saturated heterocycles. The van der Waals surface area contributed by atoms with E-state index < -0.39 is 9.53 Å². The van der Waals surface area contributed by atoms with Gasteiger partial charge in [-0.1, -0.05) is 20.8 Å². The van der Waals surface area contributed by atoms with Crippen LogP contribution in [0.2, 0.25) is 0 Å². The van der Waals surface area contributed by atoms with Gasteiger partial charge in [0.2, 0.25) is 6.08 Å². The second-order valence-electron chi connectivity index (χ2n) is 5.59. The van der Waals surface area contributed by atoms with Crippen LogP contribution in [0.3, 0.4) is 0 Å². The van der Waals surface area contributed by atoms with Crippen LogP contribution < -0.4 is 0 Å². The summed E-state index contributed by atoms with van der Waals surface area (Å²) < 4.78 is 16.7.